The SMILES string of the molecule is COCCOC(=O)C1=C(C)N=C2SC=C(CC(=O)NCC(C)C)N2[C@@H]1c1ccc(OC)cc1OC. The van der Waals surface area contributed by atoms with Gasteiger partial charge in [-0.3, -0.25) is 4.79 Å². The third kappa shape index (κ3) is 6.18. The number of fused-ring (bicyclic) bond motifs is 1. The first-order valence-electron chi connectivity index (χ1n) is 11.4. The maximum Gasteiger partial charge on any atom is 0.338 e. The minimum absolute atomic E-state index is 0.0947. The van der Waals surface area contributed by atoms with Crippen molar-refractivity contribution in [2.24, 2.45) is 10.9 Å². The van der Waals surface area contributed by atoms with Crippen molar-refractivity contribution < 1.29 is 28.5 Å². The van der Waals surface area contributed by atoms with E-state index in [4.69, 9.17) is 18.9 Å². The number of rotatable bonds is 11. The molecule has 0 saturated carbocycles. The predicted octanol–water partition coefficient (Wildman–Crippen LogP) is 3.63. The molecule has 1 atom stereocenters. The van der Waals surface area contributed by atoms with Gasteiger partial charge in [-0.1, -0.05) is 25.6 Å². The summed E-state index contributed by atoms with van der Waals surface area (Å²) >= 11 is 1.42. The zero-order valence-electron chi connectivity index (χ0n) is 21.0. The van der Waals surface area contributed by atoms with E-state index in [0.29, 0.717) is 40.4 Å². The molecule has 1 N–H and O–H groups in total. The van der Waals surface area contributed by atoms with Gasteiger partial charge in [0.1, 0.15) is 18.1 Å². The standard InChI is InChI=1S/C25H33N3O6S/c1-15(2)13-26-21(29)11-17-14-35-25-27-16(3)22(24(30)34-10-9-31-4)23(28(17)25)19-8-7-18(32-5)12-20(19)33-6/h7-8,12,14-15,23H,9-11,13H2,1-6H3,(H,26,29)/t23-/m1/s1. The molecule has 0 spiro atoms. The highest BCUT2D eigenvalue weighted by Crippen LogP contribution is 2.47. The summed E-state index contributed by atoms with van der Waals surface area (Å²) in [4.78, 5) is 32.6. The van der Waals surface area contributed by atoms with Gasteiger partial charge in [0.15, 0.2) is 5.17 Å². The normalized spacial score (nSPS) is 17.1. The maximum absolute atomic E-state index is 13.3. The van der Waals surface area contributed by atoms with Gasteiger partial charge >= 0.3 is 5.97 Å². The van der Waals surface area contributed by atoms with Gasteiger partial charge in [-0.25, -0.2) is 9.79 Å². The van der Waals surface area contributed by atoms with Crippen molar-refractivity contribution in [3.63, 3.8) is 0 Å². The molecule has 3 rings (SSSR count). The van der Waals surface area contributed by atoms with Crippen LogP contribution in [0.3, 0.4) is 0 Å². The first-order chi connectivity index (χ1) is 16.8. The van der Waals surface area contributed by atoms with E-state index in [9.17, 15) is 9.59 Å². The van der Waals surface area contributed by atoms with Gasteiger partial charge < -0.3 is 29.2 Å². The van der Waals surface area contributed by atoms with E-state index >= 15 is 0 Å². The third-order valence-corrected chi connectivity index (χ3v) is 6.41. The monoisotopic (exact) mass is 503 g/mol. The van der Waals surface area contributed by atoms with Crippen LogP contribution in [0.25, 0.3) is 0 Å². The number of aliphatic imine (C=N–C) groups is 1. The average Bonchev–Trinajstić information content (AvgIpc) is 3.23. The van der Waals surface area contributed by atoms with E-state index < -0.39 is 12.0 Å². The second-order valence-corrected chi connectivity index (χ2v) is 9.34. The van der Waals surface area contributed by atoms with Crippen LogP contribution in [-0.4, -0.2) is 63.0 Å². The van der Waals surface area contributed by atoms with Crippen molar-refractivity contribution in [2.75, 3.05) is 41.1 Å². The lowest BCUT2D eigenvalue weighted by molar-refractivity contribution is -0.141. The molecule has 1 aromatic carbocycles. The number of allylic oxidation sites excluding steroid dienone is 1. The van der Waals surface area contributed by atoms with Gasteiger partial charge in [0, 0.05) is 31.0 Å². The van der Waals surface area contributed by atoms with E-state index in [-0.39, 0.29) is 25.5 Å². The summed E-state index contributed by atoms with van der Waals surface area (Å²) in [5, 5.41) is 5.55. The fourth-order valence-electron chi connectivity index (χ4n) is 3.81. The van der Waals surface area contributed by atoms with Crippen LogP contribution in [0.15, 0.2) is 45.6 Å². The number of hydrogen-bond donors (Lipinski definition) is 1. The van der Waals surface area contributed by atoms with Crippen molar-refractivity contribution in [3.8, 4) is 11.5 Å². The Morgan fingerprint density at radius 1 is 1.17 bits per heavy atom. The number of nitrogens with zero attached hydrogens (tertiary/aromatic N) is 2. The number of amidine groups is 1. The summed E-state index contributed by atoms with van der Waals surface area (Å²) in [5.74, 6) is 0.924. The molecule has 0 aromatic heterocycles. The lowest BCUT2D eigenvalue weighted by Crippen LogP contribution is -2.38. The molecule has 9 nitrogen and oxygen atoms in total. The molecular formula is C25H33N3O6S. The molecule has 0 fully saturated rings. The minimum atomic E-state index is -0.599. The fourth-order valence-corrected chi connectivity index (χ4v) is 4.77. The highest BCUT2D eigenvalue weighted by molar-refractivity contribution is 8.16. The molecule has 2 heterocycles. The molecule has 0 radical (unpaired) electrons. The van der Waals surface area contributed by atoms with Gasteiger partial charge in [0.2, 0.25) is 5.91 Å². The van der Waals surface area contributed by atoms with Crippen molar-refractivity contribution in [3.05, 3.63) is 46.1 Å². The third-order valence-electron chi connectivity index (χ3n) is 5.53. The van der Waals surface area contributed by atoms with Crippen molar-refractivity contribution in [1.29, 1.82) is 0 Å². The van der Waals surface area contributed by atoms with Crippen LogP contribution < -0.4 is 14.8 Å². The molecule has 2 aliphatic rings. The van der Waals surface area contributed by atoms with Crippen LogP contribution in [0.5, 0.6) is 11.5 Å². The van der Waals surface area contributed by atoms with Crippen LogP contribution in [-0.2, 0) is 19.1 Å². The first kappa shape index (κ1) is 26.6. The Kier molecular flexibility index (Phi) is 9.22. The topological polar surface area (TPSA) is 98.7 Å². The summed E-state index contributed by atoms with van der Waals surface area (Å²) in [6.45, 7) is 6.86. The number of benzene rings is 1. The lowest BCUT2D eigenvalue weighted by Gasteiger charge is -2.36. The summed E-state index contributed by atoms with van der Waals surface area (Å²) in [6, 6.07) is 4.85. The first-order valence-corrected chi connectivity index (χ1v) is 12.3. The molecule has 1 amide bonds. The molecule has 0 aliphatic carbocycles. The van der Waals surface area contributed by atoms with Crippen LogP contribution >= 0.6 is 11.8 Å². The number of ether oxygens (including phenoxy) is 4. The molecule has 1 aromatic rings. The number of carbonyl (C=O) groups is 2. The van der Waals surface area contributed by atoms with E-state index in [1.54, 1.807) is 34.3 Å². The number of methoxy groups -OCH3 is 3. The Labute approximate surface area is 210 Å². The van der Waals surface area contributed by atoms with Gasteiger partial charge in [-0.05, 0) is 30.4 Å². The highest BCUT2D eigenvalue weighted by atomic mass is 32.2. The van der Waals surface area contributed by atoms with E-state index in [0.717, 1.165) is 11.3 Å². The van der Waals surface area contributed by atoms with Crippen molar-refractivity contribution in [2.45, 2.75) is 33.2 Å². The zero-order valence-corrected chi connectivity index (χ0v) is 21.9. The van der Waals surface area contributed by atoms with Gasteiger partial charge in [0.25, 0.3) is 0 Å². The Balaban J connectivity index is 2.03. The number of thioether (sulfide) groups is 1. The summed E-state index contributed by atoms with van der Waals surface area (Å²) in [7, 11) is 4.69. The molecule has 2 aliphatic heterocycles. The molecule has 0 unspecified atom stereocenters. The Hall–Kier alpha value is -2.98. The van der Waals surface area contributed by atoms with Crippen molar-refractivity contribution >= 4 is 28.8 Å². The summed E-state index contributed by atoms with van der Waals surface area (Å²) in [5.41, 5.74) is 2.40. The number of amides is 1. The van der Waals surface area contributed by atoms with Crippen LogP contribution in [0.4, 0.5) is 0 Å². The lowest BCUT2D eigenvalue weighted by atomic mass is 9.93. The maximum atomic E-state index is 13.3. The number of nitrogens with one attached hydrogen (secondary N) is 1. The summed E-state index contributed by atoms with van der Waals surface area (Å²) in [6.07, 6.45) is 0.152. The highest BCUT2D eigenvalue weighted by Gasteiger charge is 2.42. The molecule has 0 saturated heterocycles. The van der Waals surface area contributed by atoms with Crippen LogP contribution in [0.1, 0.15) is 38.8 Å². The molecule has 35 heavy (non-hydrogen) atoms. The molecule has 190 valence electrons. The van der Waals surface area contributed by atoms with Gasteiger partial charge in [-0.2, -0.15) is 0 Å². The Morgan fingerprint density at radius 2 is 1.94 bits per heavy atom. The second-order valence-electron chi connectivity index (χ2n) is 8.50. The largest absolute Gasteiger partial charge is 0.497 e. The average molecular weight is 504 g/mol. The molecule has 0 bridgehead atoms. The predicted molar refractivity (Wildman–Crippen MR) is 135 cm³/mol. The van der Waals surface area contributed by atoms with Gasteiger partial charge in [0.05, 0.1) is 44.6 Å². The zero-order chi connectivity index (χ0) is 25.5. The quantitative estimate of drug-likeness (QED) is 0.361. The number of esters is 1. The smallest absolute Gasteiger partial charge is 0.338 e. The van der Waals surface area contributed by atoms with E-state index in [2.05, 4.69) is 10.3 Å². The summed E-state index contributed by atoms with van der Waals surface area (Å²) < 4.78 is 21.6. The van der Waals surface area contributed by atoms with E-state index in [1.165, 1.54) is 11.8 Å². The van der Waals surface area contributed by atoms with Crippen LogP contribution in [0, 0.1) is 5.92 Å². The van der Waals surface area contributed by atoms with Crippen LogP contribution in [0.2, 0.25) is 0 Å². The Morgan fingerprint density at radius 3 is 2.60 bits per heavy atom. The molecular weight excluding hydrogens is 470 g/mol. The minimum Gasteiger partial charge on any atom is -0.497 e. The Bertz CT molecular complexity index is 1050. The fraction of sp³-hybridized carbons (Fsp3) is 0.480. The number of carbonyl (C=O) groups excluding carboxylic acids is 2. The van der Waals surface area contributed by atoms with E-state index in [1.807, 2.05) is 36.3 Å². The number of hydrogen-bond acceptors (Lipinski definition) is 9. The van der Waals surface area contributed by atoms with Crippen molar-refractivity contribution in [1.82, 2.24) is 10.2 Å². The van der Waals surface area contributed by atoms with Gasteiger partial charge in [-0.15, -0.1) is 0 Å². The molecule has 10 heteroatoms. The second kappa shape index (κ2) is 12.1.